The maximum absolute atomic E-state index is 11.5. The van der Waals surface area contributed by atoms with Gasteiger partial charge in [0.2, 0.25) is 0 Å². The summed E-state index contributed by atoms with van der Waals surface area (Å²) in [6.45, 7) is 0.435. The maximum Gasteiger partial charge on any atom is 0.304 e. The van der Waals surface area contributed by atoms with Crippen LogP contribution in [-0.4, -0.2) is 11.1 Å². The van der Waals surface area contributed by atoms with Gasteiger partial charge in [-0.3, -0.25) is 4.79 Å². The van der Waals surface area contributed by atoms with E-state index in [0.717, 1.165) is 21.2 Å². The van der Waals surface area contributed by atoms with Gasteiger partial charge >= 0.3 is 5.97 Å². The zero-order valence-corrected chi connectivity index (χ0v) is 15.7. The third kappa shape index (κ3) is 4.73. The van der Waals surface area contributed by atoms with Crippen LogP contribution < -0.4 is 4.74 Å². The third-order valence-electron chi connectivity index (χ3n) is 4.17. The predicted octanol–water partition coefficient (Wildman–Crippen LogP) is 5.63. The number of carboxylic acids is 1. The van der Waals surface area contributed by atoms with Crippen molar-refractivity contribution in [2.75, 3.05) is 0 Å². The molecule has 132 valence electrons. The zero-order valence-electron chi connectivity index (χ0n) is 14.1. The number of ether oxygens (including phenoxy) is 1. The Hall–Kier alpha value is -2.59. The highest BCUT2D eigenvalue weighted by Crippen LogP contribution is 2.36. The van der Waals surface area contributed by atoms with Crippen LogP contribution in [0.4, 0.5) is 0 Å². The van der Waals surface area contributed by atoms with Crippen molar-refractivity contribution in [3.63, 3.8) is 0 Å². The number of aliphatic carboxylic acids is 1. The normalized spacial score (nSPS) is 11.7. The molecule has 1 atom stereocenters. The monoisotopic (exact) mass is 410 g/mol. The largest absolute Gasteiger partial charge is 0.489 e. The van der Waals surface area contributed by atoms with Crippen molar-refractivity contribution in [3.05, 3.63) is 100 Å². The molecule has 26 heavy (non-hydrogen) atoms. The number of hydrogen-bond donors (Lipinski definition) is 1. The molecule has 0 amide bonds. The Kier molecular flexibility index (Phi) is 6.08. The van der Waals surface area contributed by atoms with E-state index in [0.29, 0.717) is 12.4 Å². The number of hydrogen-bond acceptors (Lipinski definition) is 2. The average molecular weight is 411 g/mol. The molecule has 0 aliphatic carbocycles. The molecule has 0 heterocycles. The van der Waals surface area contributed by atoms with E-state index in [-0.39, 0.29) is 12.3 Å². The fourth-order valence-corrected chi connectivity index (χ4v) is 3.30. The van der Waals surface area contributed by atoms with E-state index in [9.17, 15) is 9.90 Å². The van der Waals surface area contributed by atoms with E-state index < -0.39 is 5.97 Å². The molecular formula is C22H19BrO3. The van der Waals surface area contributed by atoms with E-state index in [2.05, 4.69) is 15.9 Å². The maximum atomic E-state index is 11.5. The lowest BCUT2D eigenvalue weighted by atomic mass is 9.88. The van der Waals surface area contributed by atoms with Gasteiger partial charge in [-0.05, 0) is 29.3 Å². The van der Waals surface area contributed by atoms with Gasteiger partial charge in [-0.1, -0.05) is 76.6 Å². The Bertz CT molecular complexity index is 863. The van der Waals surface area contributed by atoms with Crippen LogP contribution in [0.3, 0.4) is 0 Å². The first-order valence-electron chi connectivity index (χ1n) is 8.36. The third-order valence-corrected chi connectivity index (χ3v) is 4.66. The Morgan fingerprint density at radius 2 is 1.62 bits per heavy atom. The lowest BCUT2D eigenvalue weighted by Crippen LogP contribution is -2.10. The molecule has 0 spiro atoms. The summed E-state index contributed by atoms with van der Waals surface area (Å²) in [6, 6.07) is 25.3. The summed E-state index contributed by atoms with van der Waals surface area (Å²) in [7, 11) is 0. The van der Waals surface area contributed by atoms with Crippen LogP contribution in [0.25, 0.3) is 0 Å². The summed E-state index contributed by atoms with van der Waals surface area (Å²) in [4.78, 5) is 11.5. The van der Waals surface area contributed by atoms with Gasteiger partial charge in [0.05, 0.1) is 6.42 Å². The first-order valence-corrected chi connectivity index (χ1v) is 9.15. The molecule has 1 N–H and O–H groups in total. The van der Waals surface area contributed by atoms with E-state index in [4.69, 9.17) is 4.74 Å². The zero-order chi connectivity index (χ0) is 18.4. The molecule has 3 aromatic carbocycles. The second-order valence-electron chi connectivity index (χ2n) is 6.02. The summed E-state index contributed by atoms with van der Waals surface area (Å²) >= 11 is 3.50. The summed E-state index contributed by atoms with van der Waals surface area (Å²) < 4.78 is 6.94. The Balaban J connectivity index is 1.95. The van der Waals surface area contributed by atoms with Gasteiger partial charge < -0.3 is 9.84 Å². The van der Waals surface area contributed by atoms with Crippen molar-refractivity contribution >= 4 is 21.9 Å². The molecule has 0 radical (unpaired) electrons. The van der Waals surface area contributed by atoms with Crippen LogP contribution in [0.15, 0.2) is 83.3 Å². The van der Waals surface area contributed by atoms with Gasteiger partial charge in [0.25, 0.3) is 0 Å². The molecule has 0 aromatic heterocycles. The van der Waals surface area contributed by atoms with E-state index in [1.54, 1.807) is 0 Å². The highest BCUT2D eigenvalue weighted by Gasteiger charge is 2.22. The molecule has 0 bridgehead atoms. The molecule has 3 aromatic rings. The number of carbonyl (C=O) groups is 1. The van der Waals surface area contributed by atoms with Crippen molar-refractivity contribution in [3.8, 4) is 5.75 Å². The van der Waals surface area contributed by atoms with Crippen LogP contribution in [0, 0.1) is 0 Å². The molecule has 4 heteroatoms. The molecule has 3 rings (SSSR count). The molecule has 0 fully saturated rings. The summed E-state index contributed by atoms with van der Waals surface area (Å²) in [5, 5.41) is 9.42. The first kappa shape index (κ1) is 18.2. The highest BCUT2D eigenvalue weighted by atomic mass is 79.9. The van der Waals surface area contributed by atoms with Crippen molar-refractivity contribution in [1.82, 2.24) is 0 Å². The first-order chi connectivity index (χ1) is 12.6. The van der Waals surface area contributed by atoms with Gasteiger partial charge in [-0.15, -0.1) is 0 Å². The molecule has 0 aliphatic rings. The van der Waals surface area contributed by atoms with Crippen LogP contribution in [-0.2, 0) is 11.4 Å². The highest BCUT2D eigenvalue weighted by molar-refractivity contribution is 9.10. The minimum atomic E-state index is -0.840. The minimum Gasteiger partial charge on any atom is -0.489 e. The average Bonchev–Trinajstić information content (AvgIpc) is 2.66. The summed E-state index contributed by atoms with van der Waals surface area (Å²) in [5.41, 5.74) is 2.89. The van der Waals surface area contributed by atoms with Gasteiger partial charge in [0.15, 0.2) is 0 Å². The van der Waals surface area contributed by atoms with Gasteiger partial charge in [0, 0.05) is 16.0 Å². The van der Waals surface area contributed by atoms with Gasteiger partial charge in [0.1, 0.15) is 12.4 Å². The molecule has 0 saturated heterocycles. The van der Waals surface area contributed by atoms with E-state index in [1.165, 1.54) is 0 Å². The predicted molar refractivity (Wildman–Crippen MR) is 105 cm³/mol. The molecular weight excluding hydrogens is 392 g/mol. The van der Waals surface area contributed by atoms with Crippen molar-refractivity contribution in [2.24, 2.45) is 0 Å². The Morgan fingerprint density at radius 1 is 0.962 bits per heavy atom. The van der Waals surface area contributed by atoms with Crippen LogP contribution >= 0.6 is 15.9 Å². The molecule has 1 unspecified atom stereocenters. The van der Waals surface area contributed by atoms with E-state index in [1.807, 2.05) is 78.9 Å². The number of rotatable bonds is 7. The number of carboxylic acid groups (broad SMARTS) is 1. The summed E-state index contributed by atoms with van der Waals surface area (Å²) in [5.74, 6) is -0.419. The van der Waals surface area contributed by atoms with Crippen LogP contribution in [0.1, 0.15) is 29.0 Å². The minimum absolute atomic E-state index is 0.00215. The van der Waals surface area contributed by atoms with Gasteiger partial charge in [-0.25, -0.2) is 0 Å². The van der Waals surface area contributed by atoms with Crippen molar-refractivity contribution in [2.45, 2.75) is 18.9 Å². The van der Waals surface area contributed by atoms with Crippen LogP contribution in [0.2, 0.25) is 0 Å². The molecule has 3 nitrogen and oxygen atoms in total. The quantitative estimate of drug-likeness (QED) is 0.548. The Labute approximate surface area is 161 Å². The molecule has 0 saturated carbocycles. The fourth-order valence-electron chi connectivity index (χ4n) is 2.93. The molecule has 0 aliphatic heterocycles. The van der Waals surface area contributed by atoms with E-state index >= 15 is 0 Å². The standard InChI is InChI=1S/C22H19BrO3/c23-18-11-12-21(26-15-16-7-3-1-4-8-16)20(13-18)19(14-22(24)25)17-9-5-2-6-10-17/h1-13,19H,14-15H2,(H,24,25). The second kappa shape index (κ2) is 8.68. The Morgan fingerprint density at radius 3 is 2.27 bits per heavy atom. The number of halogens is 1. The SMILES string of the molecule is O=C(O)CC(c1ccccc1)c1cc(Br)ccc1OCc1ccccc1. The van der Waals surface area contributed by atoms with Crippen LogP contribution in [0.5, 0.6) is 5.75 Å². The van der Waals surface area contributed by atoms with Gasteiger partial charge in [-0.2, -0.15) is 0 Å². The lowest BCUT2D eigenvalue weighted by molar-refractivity contribution is -0.137. The fraction of sp³-hybridized carbons (Fsp3) is 0.136. The summed E-state index contributed by atoms with van der Waals surface area (Å²) in [6.07, 6.45) is 0.00215. The smallest absolute Gasteiger partial charge is 0.304 e. The van der Waals surface area contributed by atoms with Crippen molar-refractivity contribution < 1.29 is 14.6 Å². The second-order valence-corrected chi connectivity index (χ2v) is 6.93. The van der Waals surface area contributed by atoms with Crippen molar-refractivity contribution in [1.29, 1.82) is 0 Å². The topological polar surface area (TPSA) is 46.5 Å². The lowest BCUT2D eigenvalue weighted by Gasteiger charge is -2.20. The number of benzene rings is 3.